The summed E-state index contributed by atoms with van der Waals surface area (Å²) in [6.45, 7) is 0. The van der Waals surface area contributed by atoms with Crippen molar-refractivity contribution in [2.75, 3.05) is 0 Å². The van der Waals surface area contributed by atoms with Crippen LogP contribution in [0, 0.1) is 5.82 Å². The Labute approximate surface area is 129 Å². The van der Waals surface area contributed by atoms with E-state index in [0.29, 0.717) is 11.4 Å². The molecule has 0 aliphatic rings. The van der Waals surface area contributed by atoms with Gasteiger partial charge in [0, 0.05) is 10.9 Å². The van der Waals surface area contributed by atoms with E-state index in [4.69, 9.17) is 23.2 Å². The highest BCUT2D eigenvalue weighted by atomic mass is 79.9. The molecule has 0 radical (unpaired) electrons. The van der Waals surface area contributed by atoms with Crippen molar-refractivity contribution in [1.82, 2.24) is 0 Å². The van der Waals surface area contributed by atoms with Crippen LogP contribution in [0.5, 0.6) is 0 Å². The van der Waals surface area contributed by atoms with Crippen molar-refractivity contribution in [3.63, 3.8) is 0 Å². The molecule has 0 saturated carbocycles. The molecule has 0 spiro atoms. The van der Waals surface area contributed by atoms with E-state index in [1.54, 1.807) is 24.3 Å². The lowest BCUT2D eigenvalue weighted by Gasteiger charge is -2.12. The van der Waals surface area contributed by atoms with Crippen molar-refractivity contribution >= 4 is 39.1 Å². The van der Waals surface area contributed by atoms with Gasteiger partial charge in [0.05, 0.1) is 16.1 Å². The fraction of sp³-hybridized carbons (Fsp3) is 0.143. The van der Waals surface area contributed by atoms with Gasteiger partial charge >= 0.3 is 0 Å². The maximum absolute atomic E-state index is 13.0. The van der Waals surface area contributed by atoms with Gasteiger partial charge in [-0.25, -0.2) is 4.39 Å². The van der Waals surface area contributed by atoms with Gasteiger partial charge in [-0.2, -0.15) is 0 Å². The quantitative estimate of drug-likeness (QED) is 0.797. The minimum absolute atomic E-state index is 0.0574. The van der Waals surface area contributed by atoms with E-state index in [0.717, 1.165) is 15.6 Å². The van der Waals surface area contributed by atoms with Crippen LogP contribution in [-0.2, 0) is 6.42 Å². The average molecular weight is 364 g/mol. The summed E-state index contributed by atoms with van der Waals surface area (Å²) in [5, 5.41) is 10.8. The largest absolute Gasteiger partial charge is 0.388 e. The molecule has 19 heavy (non-hydrogen) atoms. The van der Waals surface area contributed by atoms with Gasteiger partial charge in [0.1, 0.15) is 5.82 Å². The molecule has 1 atom stereocenters. The molecule has 2 rings (SSSR count). The molecule has 1 nitrogen and oxygen atoms in total. The lowest BCUT2D eigenvalue weighted by atomic mass is 10.0. The number of benzene rings is 2. The van der Waals surface area contributed by atoms with Crippen LogP contribution in [0.3, 0.4) is 0 Å². The van der Waals surface area contributed by atoms with E-state index >= 15 is 0 Å². The minimum atomic E-state index is -0.699. The van der Waals surface area contributed by atoms with Crippen molar-refractivity contribution < 1.29 is 9.50 Å². The van der Waals surface area contributed by atoms with Crippen molar-refractivity contribution in [2.45, 2.75) is 12.5 Å². The van der Waals surface area contributed by atoms with E-state index in [9.17, 15) is 9.50 Å². The number of halogens is 4. The summed E-state index contributed by atoms with van der Waals surface area (Å²) in [5.74, 6) is -0.464. The summed E-state index contributed by atoms with van der Waals surface area (Å²) >= 11 is 14.9. The molecule has 0 saturated heterocycles. The third-order valence-electron chi connectivity index (χ3n) is 2.74. The number of rotatable bonds is 3. The Kier molecular flexibility index (Phi) is 4.85. The van der Waals surface area contributed by atoms with Crippen molar-refractivity contribution in [3.05, 3.63) is 67.9 Å². The van der Waals surface area contributed by atoms with Crippen LogP contribution in [0.25, 0.3) is 0 Å². The van der Waals surface area contributed by atoms with Gasteiger partial charge in [0.15, 0.2) is 0 Å². The second-order valence-electron chi connectivity index (χ2n) is 4.14. The SMILES string of the molecule is OC(Cc1ccc(F)c(Cl)c1)c1ccc(Cl)c(Br)c1. The van der Waals surface area contributed by atoms with Gasteiger partial charge in [-0.3, -0.25) is 0 Å². The van der Waals surface area contributed by atoms with Crippen LogP contribution in [0.4, 0.5) is 4.39 Å². The summed E-state index contributed by atoms with van der Waals surface area (Å²) in [5.41, 5.74) is 1.50. The van der Waals surface area contributed by atoms with Crippen LogP contribution in [0.2, 0.25) is 10.0 Å². The molecule has 0 aliphatic carbocycles. The Bertz CT molecular complexity index is 604. The van der Waals surface area contributed by atoms with Crippen molar-refractivity contribution in [2.24, 2.45) is 0 Å². The van der Waals surface area contributed by atoms with Crippen molar-refractivity contribution in [3.8, 4) is 0 Å². The monoisotopic (exact) mass is 362 g/mol. The predicted octanol–water partition coefficient (Wildman–Crippen LogP) is 5.17. The Morgan fingerprint density at radius 1 is 1.11 bits per heavy atom. The maximum Gasteiger partial charge on any atom is 0.141 e. The maximum atomic E-state index is 13.0. The minimum Gasteiger partial charge on any atom is -0.388 e. The Balaban J connectivity index is 2.17. The van der Waals surface area contributed by atoms with Gasteiger partial charge in [-0.1, -0.05) is 35.3 Å². The van der Waals surface area contributed by atoms with Gasteiger partial charge < -0.3 is 5.11 Å². The van der Waals surface area contributed by atoms with E-state index in [1.165, 1.54) is 12.1 Å². The van der Waals surface area contributed by atoms with Crippen LogP contribution in [0.1, 0.15) is 17.2 Å². The van der Waals surface area contributed by atoms with Crippen LogP contribution < -0.4 is 0 Å². The zero-order valence-electron chi connectivity index (χ0n) is 9.71. The average Bonchev–Trinajstić information content (AvgIpc) is 2.37. The second-order valence-corrected chi connectivity index (χ2v) is 5.81. The first-order valence-electron chi connectivity index (χ1n) is 5.54. The molecule has 0 aromatic heterocycles. The second kappa shape index (κ2) is 6.23. The first kappa shape index (κ1) is 14.8. The highest BCUT2D eigenvalue weighted by molar-refractivity contribution is 9.10. The molecular formula is C14H10BrCl2FO. The molecule has 0 bridgehead atoms. The summed E-state index contributed by atoms with van der Waals surface area (Å²) in [6.07, 6.45) is -0.344. The lowest BCUT2D eigenvalue weighted by molar-refractivity contribution is 0.178. The Morgan fingerprint density at radius 2 is 1.84 bits per heavy atom. The van der Waals surface area contributed by atoms with Gasteiger partial charge in [-0.15, -0.1) is 0 Å². The fourth-order valence-corrected chi connectivity index (χ4v) is 2.44. The number of aliphatic hydroxyl groups excluding tert-OH is 1. The summed E-state index contributed by atoms with van der Waals surface area (Å²) < 4.78 is 13.8. The number of aliphatic hydroxyl groups is 1. The molecule has 100 valence electrons. The topological polar surface area (TPSA) is 20.2 Å². The number of hydrogen-bond donors (Lipinski definition) is 1. The van der Waals surface area contributed by atoms with Crippen molar-refractivity contribution in [1.29, 1.82) is 0 Å². The summed E-state index contributed by atoms with van der Waals surface area (Å²) in [6, 6.07) is 9.64. The van der Waals surface area contributed by atoms with E-state index in [2.05, 4.69) is 15.9 Å². The molecule has 0 aliphatic heterocycles. The smallest absolute Gasteiger partial charge is 0.141 e. The first-order chi connectivity index (χ1) is 8.97. The third-order valence-corrected chi connectivity index (χ3v) is 4.25. The van der Waals surface area contributed by atoms with Gasteiger partial charge in [-0.05, 0) is 51.3 Å². The van der Waals surface area contributed by atoms with Crippen LogP contribution in [0.15, 0.2) is 40.9 Å². The molecule has 0 fully saturated rings. The number of hydrogen-bond acceptors (Lipinski definition) is 1. The summed E-state index contributed by atoms with van der Waals surface area (Å²) in [4.78, 5) is 0. The molecule has 2 aromatic rings. The van der Waals surface area contributed by atoms with Crippen LogP contribution >= 0.6 is 39.1 Å². The van der Waals surface area contributed by atoms with E-state index < -0.39 is 11.9 Å². The third kappa shape index (κ3) is 3.69. The summed E-state index contributed by atoms with van der Waals surface area (Å²) in [7, 11) is 0. The normalized spacial score (nSPS) is 12.5. The highest BCUT2D eigenvalue weighted by Gasteiger charge is 2.11. The molecule has 2 aromatic carbocycles. The Morgan fingerprint density at radius 3 is 2.47 bits per heavy atom. The fourth-order valence-electron chi connectivity index (χ4n) is 1.73. The molecule has 1 unspecified atom stereocenters. The molecule has 5 heteroatoms. The van der Waals surface area contributed by atoms with Crippen LogP contribution in [-0.4, -0.2) is 5.11 Å². The van der Waals surface area contributed by atoms with E-state index in [-0.39, 0.29) is 5.02 Å². The zero-order chi connectivity index (χ0) is 14.0. The Hall–Kier alpha value is -0.610. The molecular weight excluding hydrogens is 354 g/mol. The zero-order valence-corrected chi connectivity index (χ0v) is 12.8. The molecule has 0 amide bonds. The standard InChI is InChI=1S/C14H10BrCl2FO/c15-10-7-9(2-3-11(10)16)14(19)6-8-1-4-13(18)12(17)5-8/h1-5,7,14,19H,6H2. The highest BCUT2D eigenvalue weighted by Crippen LogP contribution is 2.28. The molecule has 1 N–H and O–H groups in total. The van der Waals surface area contributed by atoms with E-state index in [1.807, 2.05) is 0 Å². The molecule has 0 heterocycles. The van der Waals surface area contributed by atoms with Gasteiger partial charge in [0.2, 0.25) is 0 Å². The first-order valence-corrected chi connectivity index (χ1v) is 7.09. The predicted molar refractivity (Wildman–Crippen MR) is 79.2 cm³/mol. The van der Waals surface area contributed by atoms with Gasteiger partial charge in [0.25, 0.3) is 0 Å². The lowest BCUT2D eigenvalue weighted by Crippen LogP contribution is -2.02.